The number of carbonyl (C=O) groups is 1. The minimum Gasteiger partial charge on any atom is -0.334 e. The van der Waals surface area contributed by atoms with Crippen LogP contribution >= 0.6 is 0 Å². The first-order valence-corrected chi connectivity index (χ1v) is 9.21. The van der Waals surface area contributed by atoms with E-state index in [1.165, 1.54) is 19.1 Å². The zero-order valence-electron chi connectivity index (χ0n) is 15.6. The number of halogens is 4. The number of benzene rings is 1. The minimum atomic E-state index is -4.58. The first-order chi connectivity index (χ1) is 13.7. The lowest BCUT2D eigenvalue weighted by Crippen LogP contribution is -2.32. The van der Waals surface area contributed by atoms with E-state index < -0.39 is 23.7 Å². The average Bonchev–Trinajstić information content (AvgIpc) is 3.28. The largest absolute Gasteiger partial charge is 0.433 e. The Bertz CT molecular complexity index is 1080. The third-order valence-corrected chi connectivity index (χ3v) is 5.08. The van der Waals surface area contributed by atoms with Crippen molar-refractivity contribution in [1.29, 1.82) is 0 Å². The maximum absolute atomic E-state index is 13.9. The first-order valence-electron chi connectivity index (χ1n) is 9.21. The molecule has 1 aliphatic heterocycles. The summed E-state index contributed by atoms with van der Waals surface area (Å²) < 4.78 is 54.8. The topological polar surface area (TPSA) is 50.5 Å². The molecule has 4 rings (SSSR count). The lowest BCUT2D eigenvalue weighted by molar-refractivity contribution is -0.142. The van der Waals surface area contributed by atoms with Crippen LogP contribution in [0, 0.1) is 12.7 Å². The van der Waals surface area contributed by atoms with Gasteiger partial charge in [-0.25, -0.2) is 13.9 Å². The molecule has 3 heterocycles. The van der Waals surface area contributed by atoms with Crippen molar-refractivity contribution < 1.29 is 22.4 Å². The Morgan fingerprint density at radius 2 is 2.00 bits per heavy atom. The summed E-state index contributed by atoms with van der Waals surface area (Å²) >= 11 is 0. The number of carbonyl (C=O) groups excluding carboxylic acids is 1. The van der Waals surface area contributed by atoms with E-state index in [9.17, 15) is 22.4 Å². The molecule has 3 aromatic rings. The van der Waals surface area contributed by atoms with Gasteiger partial charge in [-0.05, 0) is 37.5 Å². The highest BCUT2D eigenvalue weighted by molar-refractivity contribution is 5.79. The van der Waals surface area contributed by atoms with Crippen LogP contribution in [0.2, 0.25) is 0 Å². The van der Waals surface area contributed by atoms with E-state index in [4.69, 9.17) is 0 Å². The summed E-state index contributed by atoms with van der Waals surface area (Å²) in [5, 5.41) is 4.13. The summed E-state index contributed by atoms with van der Waals surface area (Å²) in [7, 11) is 0. The van der Waals surface area contributed by atoms with Gasteiger partial charge in [-0.15, -0.1) is 0 Å². The molecular weight excluding hydrogens is 388 g/mol. The minimum absolute atomic E-state index is 0.0840. The molecule has 1 aliphatic rings. The summed E-state index contributed by atoms with van der Waals surface area (Å²) in [4.78, 5) is 18.5. The molecule has 152 valence electrons. The van der Waals surface area contributed by atoms with Crippen LogP contribution in [0.25, 0.3) is 5.65 Å². The van der Waals surface area contributed by atoms with Crippen LogP contribution in [-0.2, 0) is 17.4 Å². The van der Waals surface area contributed by atoms with Gasteiger partial charge in [-0.3, -0.25) is 4.79 Å². The third-order valence-electron chi connectivity index (χ3n) is 5.08. The van der Waals surface area contributed by atoms with Crippen molar-refractivity contribution in [3.8, 4) is 0 Å². The lowest BCUT2D eigenvalue weighted by atomic mass is 10.1. The van der Waals surface area contributed by atoms with Gasteiger partial charge >= 0.3 is 6.18 Å². The predicted octanol–water partition coefficient (Wildman–Crippen LogP) is 4.10. The summed E-state index contributed by atoms with van der Waals surface area (Å²) in [5.74, 6) is -0.742. The smallest absolute Gasteiger partial charge is 0.334 e. The van der Waals surface area contributed by atoms with Crippen molar-refractivity contribution in [3.05, 3.63) is 64.9 Å². The van der Waals surface area contributed by atoms with Crippen molar-refractivity contribution in [2.24, 2.45) is 0 Å². The molecule has 0 radical (unpaired) electrons. The zero-order valence-corrected chi connectivity index (χ0v) is 15.6. The normalized spacial score (nSPS) is 17.3. The highest BCUT2D eigenvalue weighted by Gasteiger charge is 2.37. The van der Waals surface area contributed by atoms with Gasteiger partial charge in [0.25, 0.3) is 0 Å². The number of hydrogen-bond acceptors (Lipinski definition) is 3. The summed E-state index contributed by atoms with van der Waals surface area (Å²) in [6, 6.07) is 8.01. The van der Waals surface area contributed by atoms with Crippen LogP contribution in [0.5, 0.6) is 0 Å². The Balaban J connectivity index is 1.66. The van der Waals surface area contributed by atoms with Crippen LogP contribution in [0.4, 0.5) is 17.6 Å². The second-order valence-electron chi connectivity index (χ2n) is 7.13. The van der Waals surface area contributed by atoms with Crippen molar-refractivity contribution in [2.75, 3.05) is 6.54 Å². The second-order valence-corrected chi connectivity index (χ2v) is 7.13. The SMILES string of the molecule is Cc1cc(C(F)(F)F)n2nc([C@@H]3CCCN3C(=O)Cc3ccccc3F)cc2n1. The van der Waals surface area contributed by atoms with Crippen molar-refractivity contribution >= 4 is 11.6 Å². The summed E-state index contributed by atoms with van der Waals surface area (Å²) in [5.41, 5.74) is 0.0483. The molecule has 5 nitrogen and oxygen atoms in total. The van der Waals surface area contributed by atoms with Gasteiger partial charge in [0.15, 0.2) is 5.65 Å². The molecule has 0 N–H and O–H groups in total. The highest BCUT2D eigenvalue weighted by Crippen LogP contribution is 2.34. The monoisotopic (exact) mass is 406 g/mol. The number of nitrogens with zero attached hydrogens (tertiary/aromatic N) is 4. The van der Waals surface area contributed by atoms with Crippen molar-refractivity contribution in [3.63, 3.8) is 0 Å². The Morgan fingerprint density at radius 1 is 1.24 bits per heavy atom. The first kappa shape index (κ1) is 19.4. The van der Waals surface area contributed by atoms with E-state index in [1.807, 2.05) is 0 Å². The number of amides is 1. The fourth-order valence-corrected chi connectivity index (χ4v) is 3.76. The molecule has 0 aliphatic carbocycles. The number of aromatic nitrogens is 3. The van der Waals surface area contributed by atoms with Gasteiger partial charge in [0, 0.05) is 18.3 Å². The lowest BCUT2D eigenvalue weighted by Gasteiger charge is -2.23. The van der Waals surface area contributed by atoms with Crippen molar-refractivity contribution in [2.45, 2.75) is 38.4 Å². The van der Waals surface area contributed by atoms with Gasteiger partial charge in [-0.2, -0.15) is 18.3 Å². The van der Waals surface area contributed by atoms with Crippen LogP contribution in [0.3, 0.4) is 0 Å². The molecule has 1 atom stereocenters. The van der Waals surface area contributed by atoms with Crippen LogP contribution in [0.1, 0.15) is 41.5 Å². The zero-order chi connectivity index (χ0) is 20.8. The highest BCUT2D eigenvalue weighted by atomic mass is 19.4. The number of aryl methyl sites for hydroxylation is 1. The van der Waals surface area contributed by atoms with Crippen LogP contribution in [-0.4, -0.2) is 31.9 Å². The summed E-state index contributed by atoms with van der Waals surface area (Å²) in [6.07, 6.45) is -3.42. The maximum atomic E-state index is 13.9. The fourth-order valence-electron chi connectivity index (χ4n) is 3.76. The summed E-state index contributed by atoms with van der Waals surface area (Å²) in [6.45, 7) is 1.94. The van der Waals surface area contributed by atoms with Gasteiger partial charge in [0.2, 0.25) is 5.91 Å². The molecule has 1 fully saturated rings. The third kappa shape index (κ3) is 3.68. The molecule has 1 aromatic carbocycles. The van der Waals surface area contributed by atoms with Gasteiger partial charge in [0.1, 0.15) is 11.5 Å². The standard InChI is InChI=1S/C20H18F4N4O/c1-12-9-17(20(22,23)24)28-18(25-12)11-15(26-28)16-7-4-8-27(16)19(29)10-13-5-2-3-6-14(13)21/h2-3,5-6,9,11,16H,4,7-8,10H2,1H3/t16-/m0/s1. The maximum Gasteiger partial charge on any atom is 0.433 e. The molecule has 29 heavy (non-hydrogen) atoms. The molecule has 0 bridgehead atoms. The molecule has 2 aromatic heterocycles. The molecule has 9 heteroatoms. The van der Waals surface area contributed by atoms with Gasteiger partial charge < -0.3 is 4.90 Å². The average molecular weight is 406 g/mol. The van der Waals surface area contributed by atoms with Crippen molar-refractivity contribution in [1.82, 2.24) is 19.5 Å². The van der Waals surface area contributed by atoms with E-state index in [1.54, 1.807) is 23.1 Å². The van der Waals surface area contributed by atoms with E-state index in [0.29, 0.717) is 25.1 Å². The molecular formula is C20H18F4N4O. The molecule has 0 spiro atoms. The Hall–Kier alpha value is -2.97. The number of rotatable bonds is 3. The van der Waals surface area contributed by atoms with Crippen LogP contribution < -0.4 is 0 Å². The van der Waals surface area contributed by atoms with Gasteiger partial charge in [-0.1, -0.05) is 18.2 Å². The quantitative estimate of drug-likeness (QED) is 0.616. The fraction of sp³-hybridized carbons (Fsp3) is 0.350. The second kappa shape index (κ2) is 7.13. The number of likely N-dealkylation sites (tertiary alicyclic amines) is 1. The van der Waals surface area contributed by atoms with Gasteiger partial charge in [0.05, 0.1) is 18.2 Å². The Morgan fingerprint density at radius 3 is 2.72 bits per heavy atom. The molecule has 0 saturated carbocycles. The van der Waals surface area contributed by atoms with Crippen LogP contribution in [0.15, 0.2) is 36.4 Å². The van der Waals surface area contributed by atoms with E-state index >= 15 is 0 Å². The Labute approximate surface area is 164 Å². The Kier molecular flexibility index (Phi) is 4.76. The predicted molar refractivity (Wildman–Crippen MR) is 96.5 cm³/mol. The molecule has 1 saturated heterocycles. The van der Waals surface area contributed by atoms with E-state index in [2.05, 4.69) is 10.1 Å². The van der Waals surface area contributed by atoms with E-state index in [0.717, 1.165) is 10.6 Å². The number of alkyl halides is 3. The van der Waals surface area contributed by atoms with E-state index in [-0.39, 0.29) is 29.2 Å². The number of fused-ring (bicyclic) bond motifs is 1. The molecule has 1 amide bonds. The number of hydrogen-bond donors (Lipinski definition) is 0. The molecule has 0 unspecified atom stereocenters.